The lowest BCUT2D eigenvalue weighted by atomic mass is 10.1. The molecule has 9 heteroatoms. The van der Waals surface area contributed by atoms with Crippen LogP contribution in [0.15, 0.2) is 59.3 Å². The molecule has 0 spiro atoms. The molecule has 5 nitrogen and oxygen atoms in total. The molecule has 1 amide bonds. The first kappa shape index (κ1) is 19.6. The largest absolute Gasteiger partial charge is 0.506 e. The third-order valence-electron chi connectivity index (χ3n) is 3.88. The van der Waals surface area contributed by atoms with E-state index in [2.05, 4.69) is 15.5 Å². The number of nitrogens with one attached hydrogen (secondary N) is 1. The van der Waals surface area contributed by atoms with Gasteiger partial charge in [-0.1, -0.05) is 12.1 Å². The number of amides is 1. The van der Waals surface area contributed by atoms with Gasteiger partial charge in [-0.25, -0.2) is 5.43 Å². The van der Waals surface area contributed by atoms with Gasteiger partial charge in [0.05, 0.1) is 27.3 Å². The second kappa shape index (κ2) is 7.81. The van der Waals surface area contributed by atoms with Crippen molar-refractivity contribution in [1.82, 2.24) is 10.4 Å². The van der Waals surface area contributed by atoms with Crippen LogP contribution in [-0.2, 0) is 6.18 Å². The molecule has 3 aromatic rings. The Bertz CT molecular complexity index is 1010. The van der Waals surface area contributed by atoms with Gasteiger partial charge in [0.15, 0.2) is 0 Å². The molecule has 0 unspecified atom stereocenters. The van der Waals surface area contributed by atoms with Gasteiger partial charge in [-0.05, 0) is 36.8 Å². The zero-order chi connectivity index (χ0) is 20.3. The van der Waals surface area contributed by atoms with Gasteiger partial charge in [-0.15, -0.1) is 11.3 Å². The Kier molecular flexibility index (Phi) is 5.46. The molecule has 2 N–H and O–H groups in total. The van der Waals surface area contributed by atoms with E-state index in [0.29, 0.717) is 27.3 Å². The maximum atomic E-state index is 12.7. The van der Waals surface area contributed by atoms with E-state index in [0.717, 1.165) is 12.1 Å². The van der Waals surface area contributed by atoms with Crippen LogP contribution in [0.5, 0.6) is 5.75 Å². The van der Waals surface area contributed by atoms with Crippen LogP contribution in [0, 0.1) is 0 Å². The highest BCUT2D eigenvalue weighted by Crippen LogP contribution is 2.39. The molecule has 0 atom stereocenters. The summed E-state index contributed by atoms with van der Waals surface area (Å²) < 4.78 is 38.0. The maximum absolute atomic E-state index is 12.7. The van der Waals surface area contributed by atoms with Crippen molar-refractivity contribution < 1.29 is 23.1 Å². The summed E-state index contributed by atoms with van der Waals surface area (Å²) in [6, 6.07) is 7.72. The minimum atomic E-state index is -4.42. The lowest BCUT2D eigenvalue weighted by molar-refractivity contribution is -0.137. The van der Waals surface area contributed by atoms with Gasteiger partial charge in [0, 0.05) is 17.8 Å². The van der Waals surface area contributed by atoms with Crippen molar-refractivity contribution in [3.8, 4) is 16.2 Å². The summed E-state index contributed by atoms with van der Waals surface area (Å²) in [5.74, 6) is -0.563. The zero-order valence-corrected chi connectivity index (χ0v) is 15.3. The van der Waals surface area contributed by atoms with Gasteiger partial charge < -0.3 is 5.11 Å². The van der Waals surface area contributed by atoms with E-state index in [-0.39, 0.29) is 5.75 Å². The molecule has 2 aromatic heterocycles. The first-order valence-corrected chi connectivity index (χ1v) is 8.88. The predicted octanol–water partition coefficient (Wildman–Crippen LogP) is 4.69. The number of carbonyl (C=O) groups is 1. The minimum absolute atomic E-state index is 0.110. The summed E-state index contributed by atoms with van der Waals surface area (Å²) in [5.41, 5.74) is 3.13. The van der Waals surface area contributed by atoms with Crippen molar-refractivity contribution >= 4 is 23.0 Å². The van der Waals surface area contributed by atoms with Crippen molar-refractivity contribution in [3.05, 3.63) is 70.9 Å². The van der Waals surface area contributed by atoms with Crippen molar-refractivity contribution in [2.75, 3.05) is 0 Å². The predicted molar refractivity (Wildman–Crippen MR) is 100 cm³/mol. The summed E-state index contributed by atoms with van der Waals surface area (Å²) in [4.78, 5) is 16.3. The average molecular weight is 405 g/mol. The molecule has 0 bridgehead atoms. The summed E-state index contributed by atoms with van der Waals surface area (Å²) in [6.07, 6.45) is -1.49. The second-order valence-electron chi connectivity index (χ2n) is 5.78. The smallest absolute Gasteiger partial charge is 0.416 e. The quantitative estimate of drug-likeness (QED) is 0.489. The SMILES string of the molecule is C/C(=N\NC(=O)c1cccnc1)c1csc(-c2ccc(C(F)(F)F)cc2)c1O. The molecule has 0 aliphatic rings. The number of thiophene rings is 1. The number of aromatic hydroxyl groups is 1. The van der Waals surface area contributed by atoms with Crippen LogP contribution in [0.4, 0.5) is 13.2 Å². The number of aromatic nitrogens is 1. The Labute approximate surface area is 162 Å². The molecule has 0 saturated carbocycles. The topological polar surface area (TPSA) is 74.6 Å². The summed E-state index contributed by atoms with van der Waals surface area (Å²) in [5, 5.41) is 16.0. The van der Waals surface area contributed by atoms with Gasteiger partial charge in [0.2, 0.25) is 0 Å². The minimum Gasteiger partial charge on any atom is -0.506 e. The number of pyridine rings is 1. The first-order chi connectivity index (χ1) is 13.3. The number of hydrazone groups is 1. The summed E-state index contributed by atoms with van der Waals surface area (Å²) >= 11 is 1.17. The number of rotatable bonds is 4. The zero-order valence-electron chi connectivity index (χ0n) is 14.5. The van der Waals surface area contributed by atoms with E-state index in [1.54, 1.807) is 24.4 Å². The molecule has 3 rings (SSSR count). The lowest BCUT2D eigenvalue weighted by Gasteiger charge is -2.07. The molecular formula is C19H14F3N3O2S. The standard InChI is InChI=1S/C19H14F3N3O2S/c1-11(24-25-18(27)13-3-2-8-23-9-13)15-10-28-17(16(15)26)12-4-6-14(7-5-12)19(20,21)22/h2-10,26H,1H3,(H,25,27)/b24-11+. The summed E-state index contributed by atoms with van der Waals surface area (Å²) in [7, 11) is 0. The number of hydrogen-bond donors (Lipinski definition) is 2. The van der Waals surface area contributed by atoms with Gasteiger partial charge in [-0.2, -0.15) is 18.3 Å². The lowest BCUT2D eigenvalue weighted by Crippen LogP contribution is -2.19. The van der Waals surface area contributed by atoms with Crippen molar-refractivity contribution in [2.45, 2.75) is 13.1 Å². The van der Waals surface area contributed by atoms with Crippen LogP contribution >= 0.6 is 11.3 Å². The van der Waals surface area contributed by atoms with Crippen LogP contribution in [0.25, 0.3) is 10.4 Å². The van der Waals surface area contributed by atoms with E-state index in [1.165, 1.54) is 35.9 Å². The maximum Gasteiger partial charge on any atom is 0.416 e. The van der Waals surface area contributed by atoms with Gasteiger partial charge >= 0.3 is 6.18 Å². The van der Waals surface area contributed by atoms with Crippen molar-refractivity contribution in [3.63, 3.8) is 0 Å². The number of hydrogen-bond acceptors (Lipinski definition) is 5. The third kappa shape index (κ3) is 4.20. The van der Waals surface area contributed by atoms with Crippen LogP contribution in [-0.4, -0.2) is 21.7 Å². The summed E-state index contributed by atoms with van der Waals surface area (Å²) in [6.45, 7) is 1.60. The molecule has 28 heavy (non-hydrogen) atoms. The van der Waals surface area contributed by atoms with Crippen LogP contribution < -0.4 is 5.43 Å². The van der Waals surface area contributed by atoms with E-state index >= 15 is 0 Å². The Morgan fingerprint density at radius 3 is 2.54 bits per heavy atom. The van der Waals surface area contributed by atoms with E-state index in [9.17, 15) is 23.1 Å². The van der Waals surface area contributed by atoms with Crippen LogP contribution in [0.3, 0.4) is 0 Å². The van der Waals surface area contributed by atoms with E-state index < -0.39 is 17.6 Å². The number of halogens is 3. The first-order valence-electron chi connectivity index (χ1n) is 8.00. The average Bonchev–Trinajstić information content (AvgIpc) is 3.07. The Balaban J connectivity index is 1.79. The molecule has 0 fully saturated rings. The van der Waals surface area contributed by atoms with Crippen LogP contribution in [0.1, 0.15) is 28.4 Å². The second-order valence-corrected chi connectivity index (χ2v) is 6.66. The fourth-order valence-corrected chi connectivity index (χ4v) is 3.39. The van der Waals surface area contributed by atoms with Gasteiger partial charge in [-0.3, -0.25) is 9.78 Å². The molecule has 144 valence electrons. The normalized spacial score (nSPS) is 12.1. The number of carbonyl (C=O) groups excluding carboxylic acids is 1. The fraction of sp³-hybridized carbons (Fsp3) is 0.105. The highest BCUT2D eigenvalue weighted by Gasteiger charge is 2.30. The molecule has 0 aliphatic carbocycles. The van der Waals surface area contributed by atoms with Gasteiger partial charge in [0.25, 0.3) is 5.91 Å². The van der Waals surface area contributed by atoms with Crippen molar-refractivity contribution in [2.24, 2.45) is 5.10 Å². The van der Waals surface area contributed by atoms with E-state index in [1.807, 2.05) is 0 Å². The highest BCUT2D eigenvalue weighted by molar-refractivity contribution is 7.14. The molecule has 0 saturated heterocycles. The Hall–Kier alpha value is -3.20. The monoisotopic (exact) mass is 405 g/mol. The number of nitrogens with zero attached hydrogens (tertiary/aromatic N) is 2. The molecule has 1 aromatic carbocycles. The van der Waals surface area contributed by atoms with Crippen molar-refractivity contribution in [1.29, 1.82) is 0 Å². The van der Waals surface area contributed by atoms with Crippen LogP contribution in [0.2, 0.25) is 0 Å². The highest BCUT2D eigenvalue weighted by atomic mass is 32.1. The van der Waals surface area contributed by atoms with Gasteiger partial charge in [0.1, 0.15) is 5.75 Å². The Morgan fingerprint density at radius 1 is 1.21 bits per heavy atom. The van der Waals surface area contributed by atoms with E-state index in [4.69, 9.17) is 0 Å². The molecular weight excluding hydrogens is 391 g/mol. The molecule has 0 radical (unpaired) electrons. The molecule has 0 aliphatic heterocycles. The number of benzene rings is 1. The third-order valence-corrected chi connectivity index (χ3v) is 4.90. The number of alkyl halides is 3. The Morgan fingerprint density at radius 2 is 1.93 bits per heavy atom. The molecule has 2 heterocycles. The fourth-order valence-electron chi connectivity index (χ4n) is 2.38.